The fourth-order valence-electron chi connectivity index (χ4n) is 2.01. The molecule has 8 heteroatoms. The summed E-state index contributed by atoms with van der Waals surface area (Å²) in [5.41, 5.74) is 5.39. The Morgan fingerprint density at radius 1 is 1.26 bits per heavy atom. The number of amides is 1. The van der Waals surface area contributed by atoms with Crippen LogP contribution in [0.25, 0.3) is 5.69 Å². The van der Waals surface area contributed by atoms with Gasteiger partial charge in [0, 0.05) is 0 Å². The van der Waals surface area contributed by atoms with E-state index in [1.165, 1.54) is 12.6 Å². The normalized spacial score (nSPS) is 11.5. The number of aromatic nitrogens is 4. The van der Waals surface area contributed by atoms with Crippen LogP contribution in [0.1, 0.15) is 28.6 Å². The molecule has 0 bridgehead atoms. The van der Waals surface area contributed by atoms with E-state index >= 15 is 0 Å². The minimum atomic E-state index is -0.305. The first-order chi connectivity index (χ1) is 11.1. The summed E-state index contributed by atoms with van der Waals surface area (Å²) in [6, 6.07) is 9.10. The third kappa shape index (κ3) is 3.15. The maximum atomic E-state index is 12.0. The summed E-state index contributed by atoms with van der Waals surface area (Å²) in [6.45, 7) is 3.54. The van der Waals surface area contributed by atoms with Gasteiger partial charge in [0.25, 0.3) is 5.91 Å². The molecule has 0 aliphatic heterocycles. The van der Waals surface area contributed by atoms with Gasteiger partial charge >= 0.3 is 0 Å². The second-order valence-corrected chi connectivity index (χ2v) is 4.83. The minimum Gasteiger partial charge on any atom is -0.469 e. The summed E-state index contributed by atoms with van der Waals surface area (Å²) in [7, 11) is 0. The number of tetrazole rings is 1. The van der Waals surface area contributed by atoms with Gasteiger partial charge in [-0.15, -0.1) is 5.10 Å². The number of carbonyl (C=O) groups is 1. The number of nitrogens with zero attached hydrogens (tertiary/aromatic N) is 5. The molecular weight excluding hydrogens is 296 g/mol. The van der Waals surface area contributed by atoms with E-state index < -0.39 is 0 Å². The predicted molar refractivity (Wildman–Crippen MR) is 82.3 cm³/mol. The first kappa shape index (κ1) is 14.6. The Kier molecular flexibility index (Phi) is 3.96. The monoisotopic (exact) mass is 310 g/mol. The van der Waals surface area contributed by atoms with E-state index in [1.54, 1.807) is 17.7 Å². The first-order valence-electron chi connectivity index (χ1n) is 6.87. The smallest absolute Gasteiger partial charge is 0.274 e. The van der Waals surface area contributed by atoms with Crippen molar-refractivity contribution >= 4 is 11.6 Å². The molecular formula is C15H14N6O2. The topological polar surface area (TPSA) is 98.2 Å². The molecule has 0 spiro atoms. The molecule has 1 aromatic carbocycles. The summed E-state index contributed by atoms with van der Waals surface area (Å²) >= 11 is 0. The molecule has 0 fully saturated rings. The van der Waals surface area contributed by atoms with Gasteiger partial charge < -0.3 is 4.42 Å². The van der Waals surface area contributed by atoms with Gasteiger partial charge in [-0.25, -0.2) is 10.1 Å². The van der Waals surface area contributed by atoms with E-state index in [0.717, 1.165) is 11.3 Å². The second-order valence-electron chi connectivity index (χ2n) is 4.83. The van der Waals surface area contributed by atoms with Crippen LogP contribution < -0.4 is 5.43 Å². The molecule has 0 saturated carbocycles. The summed E-state index contributed by atoms with van der Waals surface area (Å²) in [5.74, 6) is 0.252. The molecule has 2 heterocycles. The lowest BCUT2D eigenvalue weighted by Crippen LogP contribution is -2.19. The number of nitrogens with one attached hydrogen (secondary N) is 1. The molecule has 0 aliphatic carbocycles. The zero-order valence-corrected chi connectivity index (χ0v) is 12.6. The van der Waals surface area contributed by atoms with Crippen molar-refractivity contribution in [1.29, 1.82) is 0 Å². The standard InChI is InChI=1S/C15H14N6O2/c1-10(17-18-15(22)14-7-8-23-11(14)2)12-3-5-13(6-4-12)21-9-16-19-20-21/h3-9H,1-2H3,(H,18,22). The lowest BCUT2D eigenvalue weighted by atomic mass is 10.1. The van der Waals surface area contributed by atoms with Crippen molar-refractivity contribution in [2.24, 2.45) is 5.10 Å². The fourth-order valence-corrected chi connectivity index (χ4v) is 2.01. The fraction of sp³-hybridized carbons (Fsp3) is 0.133. The maximum Gasteiger partial charge on any atom is 0.274 e. The van der Waals surface area contributed by atoms with Crippen molar-refractivity contribution in [1.82, 2.24) is 25.6 Å². The molecule has 116 valence electrons. The average molecular weight is 310 g/mol. The summed E-state index contributed by atoms with van der Waals surface area (Å²) in [4.78, 5) is 12.0. The SMILES string of the molecule is CC(=NNC(=O)c1ccoc1C)c1ccc(-n2cnnn2)cc1. The second kappa shape index (κ2) is 6.22. The Hall–Kier alpha value is -3.29. The highest BCUT2D eigenvalue weighted by Crippen LogP contribution is 2.10. The van der Waals surface area contributed by atoms with Crippen LogP contribution in [-0.2, 0) is 0 Å². The van der Waals surface area contributed by atoms with Crippen molar-refractivity contribution in [3.8, 4) is 5.69 Å². The van der Waals surface area contributed by atoms with E-state index in [4.69, 9.17) is 4.42 Å². The number of rotatable bonds is 4. The molecule has 3 aromatic rings. The van der Waals surface area contributed by atoms with Crippen molar-refractivity contribution in [2.75, 3.05) is 0 Å². The predicted octanol–water partition coefficient (Wildman–Crippen LogP) is 1.72. The molecule has 1 amide bonds. The Morgan fingerprint density at radius 2 is 2.04 bits per heavy atom. The van der Waals surface area contributed by atoms with Crippen LogP contribution in [0, 0.1) is 6.92 Å². The molecule has 0 radical (unpaired) electrons. The number of benzene rings is 1. The van der Waals surface area contributed by atoms with E-state index in [1.807, 2.05) is 31.2 Å². The maximum absolute atomic E-state index is 12.0. The minimum absolute atomic E-state index is 0.305. The van der Waals surface area contributed by atoms with Crippen LogP contribution in [-0.4, -0.2) is 31.8 Å². The number of hydrogen-bond acceptors (Lipinski definition) is 6. The number of furan rings is 1. The zero-order valence-electron chi connectivity index (χ0n) is 12.6. The van der Waals surface area contributed by atoms with Gasteiger partial charge in [-0.3, -0.25) is 4.79 Å². The van der Waals surface area contributed by atoms with Gasteiger partial charge in [0.15, 0.2) is 0 Å². The third-order valence-electron chi connectivity index (χ3n) is 3.33. The number of carbonyl (C=O) groups excluding carboxylic acids is 1. The number of hydrazone groups is 1. The van der Waals surface area contributed by atoms with Crippen molar-refractivity contribution in [2.45, 2.75) is 13.8 Å². The van der Waals surface area contributed by atoms with Gasteiger partial charge in [-0.05, 0) is 48.0 Å². The van der Waals surface area contributed by atoms with E-state index in [0.29, 0.717) is 17.0 Å². The molecule has 8 nitrogen and oxygen atoms in total. The lowest BCUT2D eigenvalue weighted by Gasteiger charge is -2.04. The Morgan fingerprint density at radius 3 is 2.65 bits per heavy atom. The van der Waals surface area contributed by atoms with Gasteiger partial charge in [-0.1, -0.05) is 12.1 Å². The average Bonchev–Trinajstić information content (AvgIpc) is 3.24. The molecule has 0 aliphatic rings. The summed E-state index contributed by atoms with van der Waals surface area (Å²) in [6.07, 6.45) is 2.99. The van der Waals surface area contributed by atoms with Crippen LogP contribution in [0.2, 0.25) is 0 Å². The molecule has 0 atom stereocenters. The number of hydrogen-bond donors (Lipinski definition) is 1. The van der Waals surface area contributed by atoms with Crippen molar-refractivity contribution < 1.29 is 9.21 Å². The highest BCUT2D eigenvalue weighted by Gasteiger charge is 2.10. The molecule has 1 N–H and O–H groups in total. The van der Waals surface area contributed by atoms with E-state index in [9.17, 15) is 4.79 Å². The zero-order chi connectivity index (χ0) is 16.2. The highest BCUT2D eigenvalue weighted by molar-refractivity contribution is 6.01. The van der Waals surface area contributed by atoms with Crippen LogP contribution in [0.3, 0.4) is 0 Å². The Labute approximate surface area is 131 Å². The molecule has 0 unspecified atom stereocenters. The van der Waals surface area contributed by atoms with Gasteiger partial charge in [0.2, 0.25) is 0 Å². The third-order valence-corrected chi connectivity index (χ3v) is 3.33. The first-order valence-corrected chi connectivity index (χ1v) is 6.87. The van der Waals surface area contributed by atoms with Crippen LogP contribution >= 0.6 is 0 Å². The van der Waals surface area contributed by atoms with Gasteiger partial charge in [0.1, 0.15) is 12.1 Å². The van der Waals surface area contributed by atoms with Crippen LogP contribution in [0.15, 0.2) is 52.4 Å². The van der Waals surface area contributed by atoms with E-state index in [-0.39, 0.29) is 5.91 Å². The van der Waals surface area contributed by atoms with Crippen LogP contribution in [0.5, 0.6) is 0 Å². The molecule has 0 saturated heterocycles. The molecule has 23 heavy (non-hydrogen) atoms. The molecule has 2 aromatic heterocycles. The molecule has 3 rings (SSSR count). The largest absolute Gasteiger partial charge is 0.469 e. The summed E-state index contributed by atoms with van der Waals surface area (Å²) < 4.78 is 6.65. The lowest BCUT2D eigenvalue weighted by molar-refractivity contribution is 0.0953. The summed E-state index contributed by atoms with van der Waals surface area (Å²) in [5, 5.41) is 15.1. The van der Waals surface area contributed by atoms with Crippen molar-refractivity contribution in [3.63, 3.8) is 0 Å². The number of aryl methyl sites for hydroxylation is 1. The van der Waals surface area contributed by atoms with Gasteiger partial charge in [0.05, 0.1) is 23.2 Å². The van der Waals surface area contributed by atoms with Gasteiger partial charge in [-0.2, -0.15) is 5.10 Å². The van der Waals surface area contributed by atoms with Crippen LogP contribution in [0.4, 0.5) is 0 Å². The van der Waals surface area contributed by atoms with Crippen molar-refractivity contribution in [3.05, 3.63) is 59.8 Å². The van der Waals surface area contributed by atoms with E-state index in [2.05, 4.69) is 26.1 Å². The highest BCUT2D eigenvalue weighted by atomic mass is 16.3. The quantitative estimate of drug-likeness (QED) is 0.584. The Balaban J connectivity index is 1.71. The Bertz CT molecular complexity index is 833.